The van der Waals surface area contributed by atoms with Gasteiger partial charge in [0.05, 0.1) is 25.6 Å². The van der Waals surface area contributed by atoms with Gasteiger partial charge in [-0.05, 0) is 46.9 Å². The average Bonchev–Trinajstić information content (AvgIpc) is 3.65. The van der Waals surface area contributed by atoms with E-state index < -0.39 is 0 Å². The number of fused-ring (bicyclic) bond motifs is 2. The van der Waals surface area contributed by atoms with Crippen LogP contribution in [0.25, 0.3) is 11.3 Å². The molecule has 0 aliphatic carbocycles. The molecule has 2 N–H and O–H groups in total. The van der Waals surface area contributed by atoms with Gasteiger partial charge in [0, 0.05) is 57.8 Å². The number of hydrogen-bond acceptors (Lipinski definition) is 7. The van der Waals surface area contributed by atoms with Crippen LogP contribution in [-0.4, -0.2) is 94.1 Å². The molecule has 248 valence electrons. The summed E-state index contributed by atoms with van der Waals surface area (Å²) in [5, 5.41) is 6.09. The zero-order valence-electron chi connectivity index (χ0n) is 28.1. The van der Waals surface area contributed by atoms with Crippen molar-refractivity contribution in [3.05, 3.63) is 71.6 Å². The molecule has 2 fully saturated rings. The highest BCUT2D eigenvalue weighted by Crippen LogP contribution is 2.24. The summed E-state index contributed by atoms with van der Waals surface area (Å²) in [5.74, 6) is -0.146. The van der Waals surface area contributed by atoms with Crippen molar-refractivity contribution in [1.82, 2.24) is 34.3 Å². The molecular weight excluding hydrogens is 582 g/mol. The van der Waals surface area contributed by atoms with Crippen LogP contribution in [0.4, 0.5) is 0 Å². The number of pyridine rings is 2. The largest absolute Gasteiger partial charge is 0.381 e. The smallest absolute Gasteiger partial charge is 0.270 e. The molecule has 0 radical (unpaired) electrons. The predicted octanol–water partition coefficient (Wildman–Crippen LogP) is 4.23. The quantitative estimate of drug-likeness (QED) is 0.327. The number of ether oxygens (including phenoxy) is 2. The SMILES string of the molecule is CC(C)(C)c1ccc2ncc(C(=O)NC3CCOCC3)n2c1.CC(C)(C)c1ccc2ncc(C(=O)NCCN3CCOCC3)n2c1. The van der Waals surface area contributed by atoms with Crippen LogP contribution in [0.5, 0.6) is 0 Å². The molecule has 0 spiro atoms. The summed E-state index contributed by atoms with van der Waals surface area (Å²) in [6.07, 6.45) is 9.06. The van der Waals surface area contributed by atoms with Gasteiger partial charge < -0.3 is 20.1 Å². The van der Waals surface area contributed by atoms with Gasteiger partial charge in [0.25, 0.3) is 11.8 Å². The first kappa shape index (κ1) is 33.6. The van der Waals surface area contributed by atoms with Crippen LogP contribution in [-0.2, 0) is 20.3 Å². The lowest BCUT2D eigenvalue weighted by atomic mass is 9.88. The van der Waals surface area contributed by atoms with Crippen molar-refractivity contribution in [2.45, 2.75) is 71.3 Å². The first-order chi connectivity index (χ1) is 21.9. The zero-order valence-corrected chi connectivity index (χ0v) is 28.1. The summed E-state index contributed by atoms with van der Waals surface area (Å²) in [6, 6.07) is 8.26. The van der Waals surface area contributed by atoms with Crippen LogP contribution in [0.2, 0.25) is 0 Å². The molecule has 0 saturated carbocycles. The van der Waals surface area contributed by atoms with E-state index in [1.807, 2.05) is 33.3 Å². The van der Waals surface area contributed by atoms with Gasteiger partial charge in [-0.1, -0.05) is 53.7 Å². The number of morpholine rings is 1. The van der Waals surface area contributed by atoms with Crippen LogP contribution in [0.3, 0.4) is 0 Å². The van der Waals surface area contributed by atoms with Gasteiger partial charge in [0.2, 0.25) is 0 Å². The summed E-state index contributed by atoms with van der Waals surface area (Å²) in [5.41, 5.74) is 5.18. The molecule has 2 saturated heterocycles. The normalized spacial score (nSPS) is 16.7. The van der Waals surface area contributed by atoms with Crippen LogP contribution in [0.1, 0.15) is 86.5 Å². The molecule has 11 heteroatoms. The zero-order chi connectivity index (χ0) is 32.9. The maximum absolute atomic E-state index is 12.5. The molecule has 0 aromatic carbocycles. The Morgan fingerprint density at radius 2 is 1.26 bits per heavy atom. The van der Waals surface area contributed by atoms with E-state index in [1.165, 1.54) is 11.1 Å². The fraction of sp³-hybridized carbons (Fsp3) is 0.543. The van der Waals surface area contributed by atoms with E-state index in [1.54, 1.807) is 12.4 Å². The number of carbonyl (C=O) groups is 2. The van der Waals surface area contributed by atoms with E-state index in [2.05, 4.69) is 79.2 Å². The van der Waals surface area contributed by atoms with Crippen molar-refractivity contribution in [2.24, 2.45) is 0 Å². The van der Waals surface area contributed by atoms with Crippen molar-refractivity contribution < 1.29 is 19.1 Å². The minimum atomic E-state index is -0.0816. The second kappa shape index (κ2) is 14.3. The second-order valence-electron chi connectivity index (χ2n) is 14.1. The lowest BCUT2D eigenvalue weighted by Gasteiger charge is -2.26. The number of imidazole rings is 2. The van der Waals surface area contributed by atoms with Crippen LogP contribution in [0, 0.1) is 0 Å². The lowest BCUT2D eigenvalue weighted by Crippen LogP contribution is -2.41. The van der Waals surface area contributed by atoms with E-state index in [9.17, 15) is 9.59 Å². The van der Waals surface area contributed by atoms with E-state index in [-0.39, 0.29) is 28.7 Å². The molecule has 6 heterocycles. The number of hydrogen-bond donors (Lipinski definition) is 2. The molecular formula is C35H49N7O4. The van der Waals surface area contributed by atoms with Crippen molar-refractivity contribution in [2.75, 3.05) is 52.6 Å². The number of rotatable bonds is 6. The third kappa shape index (κ3) is 8.31. The molecule has 46 heavy (non-hydrogen) atoms. The summed E-state index contributed by atoms with van der Waals surface area (Å²) in [6.45, 7) is 19.3. The van der Waals surface area contributed by atoms with E-state index in [4.69, 9.17) is 9.47 Å². The Bertz CT molecular complexity index is 1630. The molecule has 2 aliphatic rings. The average molecular weight is 632 g/mol. The second-order valence-corrected chi connectivity index (χ2v) is 14.1. The first-order valence-electron chi connectivity index (χ1n) is 16.3. The number of amides is 2. The fourth-order valence-corrected chi connectivity index (χ4v) is 5.53. The molecule has 4 aromatic heterocycles. The van der Waals surface area contributed by atoms with Crippen LogP contribution >= 0.6 is 0 Å². The van der Waals surface area contributed by atoms with Gasteiger partial charge >= 0.3 is 0 Å². The number of carbonyl (C=O) groups excluding carboxylic acids is 2. The summed E-state index contributed by atoms with van der Waals surface area (Å²) in [7, 11) is 0. The van der Waals surface area contributed by atoms with Crippen molar-refractivity contribution in [1.29, 1.82) is 0 Å². The van der Waals surface area contributed by atoms with Gasteiger partial charge in [0.1, 0.15) is 22.7 Å². The topological polar surface area (TPSA) is 114 Å². The minimum Gasteiger partial charge on any atom is -0.381 e. The highest BCUT2D eigenvalue weighted by Gasteiger charge is 2.21. The Balaban J connectivity index is 0.000000182. The summed E-state index contributed by atoms with van der Waals surface area (Å²) < 4.78 is 14.4. The Kier molecular flexibility index (Phi) is 10.4. The molecule has 11 nitrogen and oxygen atoms in total. The molecule has 0 unspecified atom stereocenters. The predicted molar refractivity (Wildman–Crippen MR) is 179 cm³/mol. The standard InChI is InChI=1S/C18H26N4O2.C17H23N3O2/c1-18(2,3)14-4-5-16-20-12-15(22(16)13-14)17(23)19-6-7-21-8-10-24-11-9-21;1-17(2,3)12-4-5-15-18-10-14(20(15)11-12)16(21)19-13-6-8-22-9-7-13/h4-5,12-13H,6-11H2,1-3H3,(H,19,23);4-5,10-11,13H,6-9H2,1-3H3,(H,19,21). The van der Waals surface area contributed by atoms with Crippen molar-refractivity contribution >= 4 is 23.1 Å². The molecule has 2 aliphatic heterocycles. The van der Waals surface area contributed by atoms with Crippen molar-refractivity contribution in [3.8, 4) is 0 Å². The third-order valence-corrected chi connectivity index (χ3v) is 8.58. The molecule has 0 atom stereocenters. The van der Waals surface area contributed by atoms with Gasteiger partial charge in [-0.2, -0.15) is 0 Å². The Morgan fingerprint density at radius 3 is 1.78 bits per heavy atom. The van der Waals surface area contributed by atoms with E-state index >= 15 is 0 Å². The minimum absolute atomic E-state index is 0.0303. The molecule has 0 bridgehead atoms. The van der Waals surface area contributed by atoms with Gasteiger partial charge in [0.15, 0.2) is 0 Å². The maximum atomic E-state index is 12.5. The summed E-state index contributed by atoms with van der Waals surface area (Å²) >= 11 is 0. The molecule has 2 amide bonds. The molecule has 6 rings (SSSR count). The Morgan fingerprint density at radius 1 is 0.761 bits per heavy atom. The first-order valence-corrected chi connectivity index (χ1v) is 16.3. The van der Waals surface area contributed by atoms with E-state index in [0.29, 0.717) is 31.1 Å². The monoisotopic (exact) mass is 631 g/mol. The fourth-order valence-electron chi connectivity index (χ4n) is 5.53. The third-order valence-electron chi connectivity index (χ3n) is 8.58. The Hall–Kier alpha value is -3.80. The van der Waals surface area contributed by atoms with Crippen LogP contribution in [0.15, 0.2) is 49.1 Å². The summed E-state index contributed by atoms with van der Waals surface area (Å²) in [4.78, 5) is 36.0. The van der Waals surface area contributed by atoms with Crippen LogP contribution < -0.4 is 10.6 Å². The number of nitrogens with zero attached hydrogens (tertiary/aromatic N) is 5. The number of aromatic nitrogens is 4. The van der Waals surface area contributed by atoms with Gasteiger partial charge in [-0.15, -0.1) is 0 Å². The van der Waals surface area contributed by atoms with Gasteiger partial charge in [-0.25, -0.2) is 9.97 Å². The van der Waals surface area contributed by atoms with Crippen molar-refractivity contribution in [3.63, 3.8) is 0 Å². The van der Waals surface area contributed by atoms with Gasteiger partial charge in [-0.3, -0.25) is 23.3 Å². The number of nitrogens with one attached hydrogen (secondary N) is 2. The maximum Gasteiger partial charge on any atom is 0.270 e. The highest BCUT2D eigenvalue weighted by atomic mass is 16.5. The highest BCUT2D eigenvalue weighted by molar-refractivity contribution is 5.94. The Labute approximate surface area is 271 Å². The van der Waals surface area contributed by atoms with E-state index in [0.717, 1.165) is 57.0 Å². The molecule has 4 aromatic rings. The lowest BCUT2D eigenvalue weighted by molar-refractivity contribution is 0.0383.